The van der Waals surface area contributed by atoms with E-state index in [-0.39, 0.29) is 10.6 Å². The van der Waals surface area contributed by atoms with Gasteiger partial charge in [-0.2, -0.15) is 0 Å². The molecule has 1 aliphatic rings. The van der Waals surface area contributed by atoms with E-state index in [0.717, 1.165) is 44.0 Å². The van der Waals surface area contributed by atoms with Crippen LogP contribution in [0.25, 0.3) is 0 Å². The maximum Gasteiger partial charge on any atom is 0.273 e. The summed E-state index contributed by atoms with van der Waals surface area (Å²) in [6, 6.07) is 5.50. The number of rotatable bonds is 6. The Kier molecular flexibility index (Phi) is 5.38. The highest BCUT2D eigenvalue weighted by Gasteiger charge is 2.19. The summed E-state index contributed by atoms with van der Waals surface area (Å²) in [7, 11) is 0. The standard InChI is InChI=1S/C15H24N4O2/c1-3-16-13-8-14(10-15(9-13)19(20)21)17-12-6-5-7-18(4-2)11-12/h8-10,12,16-17H,3-7,11H2,1-2H3. The summed E-state index contributed by atoms with van der Waals surface area (Å²) in [4.78, 5) is 13.1. The molecule has 0 aromatic heterocycles. The van der Waals surface area contributed by atoms with Gasteiger partial charge in [0.05, 0.1) is 4.92 Å². The number of hydrogen-bond acceptors (Lipinski definition) is 5. The molecule has 1 fully saturated rings. The van der Waals surface area contributed by atoms with Crippen molar-refractivity contribution in [3.63, 3.8) is 0 Å². The van der Waals surface area contributed by atoms with Crippen LogP contribution >= 0.6 is 0 Å². The molecular formula is C15H24N4O2. The fraction of sp³-hybridized carbons (Fsp3) is 0.600. The molecule has 0 saturated carbocycles. The predicted octanol–water partition coefficient (Wildman–Crippen LogP) is 2.92. The fourth-order valence-corrected chi connectivity index (χ4v) is 2.80. The van der Waals surface area contributed by atoms with Crippen LogP contribution < -0.4 is 10.6 Å². The van der Waals surface area contributed by atoms with Gasteiger partial charge in [-0.3, -0.25) is 10.1 Å². The van der Waals surface area contributed by atoms with Crippen molar-refractivity contribution in [1.29, 1.82) is 0 Å². The molecule has 0 amide bonds. The maximum absolute atomic E-state index is 11.0. The summed E-state index contributed by atoms with van der Waals surface area (Å²) in [6.07, 6.45) is 2.27. The van der Waals surface area contributed by atoms with E-state index in [2.05, 4.69) is 22.5 Å². The number of likely N-dealkylation sites (N-methyl/N-ethyl adjacent to an activating group) is 1. The molecule has 1 unspecified atom stereocenters. The highest BCUT2D eigenvalue weighted by atomic mass is 16.6. The second kappa shape index (κ2) is 7.26. The van der Waals surface area contributed by atoms with Gasteiger partial charge >= 0.3 is 0 Å². The van der Waals surface area contributed by atoms with Gasteiger partial charge in [0.1, 0.15) is 0 Å². The van der Waals surface area contributed by atoms with Crippen molar-refractivity contribution in [2.24, 2.45) is 0 Å². The molecule has 6 nitrogen and oxygen atoms in total. The number of nitrogens with one attached hydrogen (secondary N) is 2. The van der Waals surface area contributed by atoms with Gasteiger partial charge in [-0.05, 0) is 38.9 Å². The molecule has 0 aliphatic carbocycles. The van der Waals surface area contributed by atoms with E-state index < -0.39 is 0 Å². The predicted molar refractivity (Wildman–Crippen MR) is 86.0 cm³/mol. The molecule has 0 radical (unpaired) electrons. The van der Waals surface area contributed by atoms with E-state index in [0.29, 0.717) is 6.04 Å². The van der Waals surface area contributed by atoms with Crippen molar-refractivity contribution in [2.45, 2.75) is 32.7 Å². The molecule has 1 heterocycles. The molecule has 6 heteroatoms. The summed E-state index contributed by atoms with van der Waals surface area (Å²) in [5, 5.41) is 17.6. The number of likely N-dealkylation sites (tertiary alicyclic amines) is 1. The Morgan fingerprint density at radius 1 is 1.33 bits per heavy atom. The molecule has 1 saturated heterocycles. The average molecular weight is 292 g/mol. The third-order valence-electron chi connectivity index (χ3n) is 3.83. The van der Waals surface area contributed by atoms with E-state index in [4.69, 9.17) is 0 Å². The number of nitrogens with zero attached hydrogens (tertiary/aromatic N) is 2. The van der Waals surface area contributed by atoms with Gasteiger partial charge in [-0.15, -0.1) is 0 Å². The Labute approximate surface area is 125 Å². The van der Waals surface area contributed by atoms with Crippen molar-refractivity contribution < 1.29 is 4.92 Å². The summed E-state index contributed by atoms with van der Waals surface area (Å²) in [5.41, 5.74) is 1.74. The third-order valence-corrected chi connectivity index (χ3v) is 3.83. The molecule has 21 heavy (non-hydrogen) atoms. The van der Waals surface area contributed by atoms with Gasteiger partial charge < -0.3 is 15.5 Å². The van der Waals surface area contributed by atoms with Crippen LogP contribution in [-0.2, 0) is 0 Å². The number of nitro groups is 1. The molecule has 0 spiro atoms. The molecule has 1 aliphatic heterocycles. The molecular weight excluding hydrogens is 268 g/mol. The summed E-state index contributed by atoms with van der Waals surface area (Å²) in [6.45, 7) is 8.08. The summed E-state index contributed by atoms with van der Waals surface area (Å²) < 4.78 is 0. The number of benzene rings is 1. The van der Waals surface area contributed by atoms with E-state index in [9.17, 15) is 10.1 Å². The van der Waals surface area contributed by atoms with Gasteiger partial charge in [0.25, 0.3) is 5.69 Å². The van der Waals surface area contributed by atoms with E-state index >= 15 is 0 Å². The van der Waals surface area contributed by atoms with E-state index in [1.807, 2.05) is 13.0 Å². The number of piperidine rings is 1. The minimum atomic E-state index is -0.342. The number of nitro benzene ring substituents is 1. The molecule has 0 bridgehead atoms. The number of non-ortho nitro benzene ring substituents is 1. The zero-order valence-electron chi connectivity index (χ0n) is 12.8. The lowest BCUT2D eigenvalue weighted by molar-refractivity contribution is -0.384. The molecule has 1 atom stereocenters. The highest BCUT2D eigenvalue weighted by molar-refractivity contribution is 5.63. The first kappa shape index (κ1) is 15.6. The second-order valence-corrected chi connectivity index (χ2v) is 5.43. The summed E-state index contributed by atoms with van der Waals surface area (Å²) in [5.74, 6) is 0. The molecule has 1 aromatic rings. The van der Waals surface area contributed by atoms with Crippen LogP contribution in [0.1, 0.15) is 26.7 Å². The van der Waals surface area contributed by atoms with Gasteiger partial charge in [0.15, 0.2) is 0 Å². The van der Waals surface area contributed by atoms with Gasteiger partial charge in [-0.1, -0.05) is 6.92 Å². The largest absolute Gasteiger partial charge is 0.385 e. The zero-order valence-corrected chi connectivity index (χ0v) is 12.8. The third kappa shape index (κ3) is 4.32. The lowest BCUT2D eigenvalue weighted by atomic mass is 10.1. The monoisotopic (exact) mass is 292 g/mol. The van der Waals surface area contributed by atoms with Crippen LogP contribution in [0, 0.1) is 10.1 Å². The Hall–Kier alpha value is -1.82. The molecule has 2 N–H and O–H groups in total. The van der Waals surface area contributed by atoms with Gasteiger partial charge in [0.2, 0.25) is 0 Å². The topological polar surface area (TPSA) is 70.4 Å². The Balaban J connectivity index is 2.12. The highest BCUT2D eigenvalue weighted by Crippen LogP contribution is 2.26. The normalized spacial score (nSPS) is 19.2. The van der Waals surface area contributed by atoms with Crippen LogP contribution in [-0.4, -0.2) is 42.0 Å². The Bertz CT molecular complexity index is 493. The average Bonchev–Trinajstić information content (AvgIpc) is 2.47. The lowest BCUT2D eigenvalue weighted by Crippen LogP contribution is -2.41. The van der Waals surface area contributed by atoms with Crippen LogP contribution in [0.4, 0.5) is 17.1 Å². The van der Waals surface area contributed by atoms with Crippen molar-refractivity contribution in [1.82, 2.24) is 4.90 Å². The Morgan fingerprint density at radius 2 is 2.10 bits per heavy atom. The van der Waals surface area contributed by atoms with Crippen molar-refractivity contribution >= 4 is 17.1 Å². The van der Waals surface area contributed by atoms with Gasteiger partial charge in [0, 0.05) is 42.6 Å². The molecule has 2 rings (SSSR count). The lowest BCUT2D eigenvalue weighted by Gasteiger charge is -2.32. The van der Waals surface area contributed by atoms with E-state index in [1.165, 1.54) is 6.42 Å². The van der Waals surface area contributed by atoms with Crippen molar-refractivity contribution in [3.8, 4) is 0 Å². The van der Waals surface area contributed by atoms with Crippen LogP contribution in [0.15, 0.2) is 18.2 Å². The first-order valence-corrected chi connectivity index (χ1v) is 7.64. The first-order chi connectivity index (χ1) is 10.1. The Morgan fingerprint density at radius 3 is 2.76 bits per heavy atom. The SMILES string of the molecule is CCNc1cc(NC2CCCN(CC)C2)cc([N+](=O)[O-])c1. The first-order valence-electron chi connectivity index (χ1n) is 7.64. The quantitative estimate of drug-likeness (QED) is 0.623. The smallest absolute Gasteiger partial charge is 0.273 e. The van der Waals surface area contributed by atoms with Crippen LogP contribution in [0.2, 0.25) is 0 Å². The van der Waals surface area contributed by atoms with Gasteiger partial charge in [-0.25, -0.2) is 0 Å². The fourth-order valence-electron chi connectivity index (χ4n) is 2.80. The maximum atomic E-state index is 11.0. The molecule has 116 valence electrons. The second-order valence-electron chi connectivity index (χ2n) is 5.43. The van der Waals surface area contributed by atoms with E-state index in [1.54, 1.807) is 12.1 Å². The number of hydrogen-bond donors (Lipinski definition) is 2. The molecule has 1 aromatic carbocycles. The minimum Gasteiger partial charge on any atom is -0.385 e. The zero-order chi connectivity index (χ0) is 15.2. The minimum absolute atomic E-state index is 0.124. The van der Waals surface area contributed by atoms with Crippen molar-refractivity contribution in [3.05, 3.63) is 28.3 Å². The van der Waals surface area contributed by atoms with Crippen LogP contribution in [0.3, 0.4) is 0 Å². The van der Waals surface area contributed by atoms with Crippen molar-refractivity contribution in [2.75, 3.05) is 36.8 Å². The summed E-state index contributed by atoms with van der Waals surface area (Å²) >= 11 is 0. The van der Waals surface area contributed by atoms with Crippen LogP contribution in [0.5, 0.6) is 0 Å². The number of anilines is 2.